The van der Waals surface area contributed by atoms with Crippen LogP contribution in [0.3, 0.4) is 0 Å². The van der Waals surface area contributed by atoms with Gasteiger partial charge in [0.25, 0.3) is 5.91 Å². The molecule has 0 unspecified atom stereocenters. The number of nitrogens with zero attached hydrogens (tertiary/aromatic N) is 1. The fourth-order valence-corrected chi connectivity index (χ4v) is 1.84. The second-order valence-electron chi connectivity index (χ2n) is 3.90. The van der Waals surface area contributed by atoms with E-state index in [0.717, 1.165) is 10.1 Å². The Hall–Kier alpha value is -0.820. The van der Waals surface area contributed by atoms with Gasteiger partial charge in [0.1, 0.15) is 5.75 Å². The summed E-state index contributed by atoms with van der Waals surface area (Å²) in [5.74, 6) is 0.509. The Morgan fingerprint density at radius 3 is 2.76 bits per heavy atom. The summed E-state index contributed by atoms with van der Waals surface area (Å²) in [6.45, 7) is 1.44. The molecule has 1 aromatic carbocycles. The van der Waals surface area contributed by atoms with Crippen LogP contribution in [0, 0.1) is 3.57 Å². The van der Waals surface area contributed by atoms with Gasteiger partial charge in [0.15, 0.2) is 0 Å². The van der Waals surface area contributed by atoms with E-state index in [1.807, 2.05) is 37.2 Å². The zero-order chi connectivity index (χ0) is 12.8. The number of rotatable bonds is 5. The molecule has 0 saturated heterocycles. The van der Waals surface area contributed by atoms with E-state index in [-0.39, 0.29) is 5.91 Å². The van der Waals surface area contributed by atoms with Crippen molar-refractivity contribution in [1.82, 2.24) is 10.2 Å². The Morgan fingerprint density at radius 2 is 2.18 bits per heavy atom. The van der Waals surface area contributed by atoms with Crippen molar-refractivity contribution in [2.45, 2.75) is 0 Å². The van der Waals surface area contributed by atoms with Crippen molar-refractivity contribution in [2.75, 3.05) is 34.3 Å². The van der Waals surface area contributed by atoms with Gasteiger partial charge < -0.3 is 15.0 Å². The summed E-state index contributed by atoms with van der Waals surface area (Å²) in [6.07, 6.45) is 0. The van der Waals surface area contributed by atoms with Gasteiger partial charge in [-0.2, -0.15) is 0 Å². The Bertz CT molecular complexity index is 394. The number of benzene rings is 1. The number of carbonyl (C=O) groups excluding carboxylic acids is 1. The highest BCUT2D eigenvalue weighted by Gasteiger charge is 2.12. The van der Waals surface area contributed by atoms with Crippen molar-refractivity contribution in [3.05, 3.63) is 27.3 Å². The largest absolute Gasteiger partial charge is 0.496 e. The number of halogens is 1. The summed E-state index contributed by atoms with van der Waals surface area (Å²) in [5.41, 5.74) is 0.582. The summed E-state index contributed by atoms with van der Waals surface area (Å²) in [7, 11) is 5.51. The second kappa shape index (κ2) is 6.80. The molecule has 0 radical (unpaired) electrons. The highest BCUT2D eigenvalue weighted by Crippen LogP contribution is 2.20. The molecule has 0 aliphatic carbocycles. The zero-order valence-corrected chi connectivity index (χ0v) is 12.4. The lowest BCUT2D eigenvalue weighted by Crippen LogP contribution is -2.31. The number of likely N-dealkylation sites (N-methyl/N-ethyl adjacent to an activating group) is 1. The van der Waals surface area contributed by atoms with Gasteiger partial charge in [0.2, 0.25) is 0 Å². The Balaban J connectivity index is 2.70. The average molecular weight is 348 g/mol. The first-order valence-corrected chi connectivity index (χ1v) is 6.39. The highest BCUT2D eigenvalue weighted by atomic mass is 127. The second-order valence-corrected chi connectivity index (χ2v) is 5.15. The number of amides is 1. The zero-order valence-electron chi connectivity index (χ0n) is 10.3. The van der Waals surface area contributed by atoms with Gasteiger partial charge in [-0.25, -0.2) is 0 Å². The lowest BCUT2D eigenvalue weighted by atomic mass is 10.2. The fraction of sp³-hybridized carbons (Fsp3) is 0.417. The lowest BCUT2D eigenvalue weighted by molar-refractivity contribution is 0.0948. The molecule has 0 saturated carbocycles. The number of nitrogens with one attached hydrogen (secondary N) is 1. The van der Waals surface area contributed by atoms with Crippen LogP contribution in [0.15, 0.2) is 18.2 Å². The molecule has 1 amide bonds. The van der Waals surface area contributed by atoms with Crippen molar-refractivity contribution >= 4 is 28.5 Å². The summed E-state index contributed by atoms with van der Waals surface area (Å²) in [5, 5.41) is 2.87. The van der Waals surface area contributed by atoms with E-state index in [0.29, 0.717) is 17.9 Å². The van der Waals surface area contributed by atoms with E-state index in [1.165, 1.54) is 0 Å². The summed E-state index contributed by atoms with van der Waals surface area (Å²) >= 11 is 2.18. The third-order valence-corrected chi connectivity index (χ3v) is 2.92. The molecule has 0 heterocycles. The summed E-state index contributed by atoms with van der Waals surface area (Å²) in [6, 6.07) is 5.54. The first-order chi connectivity index (χ1) is 8.04. The molecule has 0 spiro atoms. The molecule has 0 aliphatic rings. The first kappa shape index (κ1) is 14.2. The molecule has 5 heteroatoms. The van der Waals surface area contributed by atoms with Crippen LogP contribution in [0.4, 0.5) is 0 Å². The molecular weight excluding hydrogens is 331 g/mol. The topological polar surface area (TPSA) is 41.6 Å². The van der Waals surface area contributed by atoms with E-state index >= 15 is 0 Å². The van der Waals surface area contributed by atoms with Crippen LogP contribution in [0.1, 0.15) is 10.4 Å². The van der Waals surface area contributed by atoms with Crippen LogP contribution in [0.2, 0.25) is 0 Å². The van der Waals surface area contributed by atoms with Gasteiger partial charge in [0, 0.05) is 16.7 Å². The molecule has 94 valence electrons. The maximum Gasteiger partial charge on any atom is 0.255 e. The molecule has 1 rings (SSSR count). The molecule has 0 aromatic heterocycles. The summed E-state index contributed by atoms with van der Waals surface area (Å²) in [4.78, 5) is 14.0. The molecule has 0 aliphatic heterocycles. The minimum atomic E-state index is -0.0952. The van der Waals surface area contributed by atoms with Gasteiger partial charge in [-0.15, -0.1) is 0 Å². The van der Waals surface area contributed by atoms with Gasteiger partial charge in [-0.3, -0.25) is 4.79 Å². The monoisotopic (exact) mass is 348 g/mol. The predicted octanol–water partition coefficient (Wildman–Crippen LogP) is 1.59. The number of methoxy groups -OCH3 is 1. The van der Waals surface area contributed by atoms with E-state index in [4.69, 9.17) is 4.74 Å². The molecule has 4 nitrogen and oxygen atoms in total. The molecule has 0 atom stereocenters. The van der Waals surface area contributed by atoms with Gasteiger partial charge in [0.05, 0.1) is 12.7 Å². The number of carbonyl (C=O) groups is 1. The van der Waals surface area contributed by atoms with Crippen molar-refractivity contribution < 1.29 is 9.53 Å². The van der Waals surface area contributed by atoms with E-state index in [2.05, 4.69) is 27.9 Å². The van der Waals surface area contributed by atoms with Crippen molar-refractivity contribution in [2.24, 2.45) is 0 Å². The predicted molar refractivity (Wildman–Crippen MR) is 76.6 cm³/mol. The van der Waals surface area contributed by atoms with Gasteiger partial charge >= 0.3 is 0 Å². The van der Waals surface area contributed by atoms with Crippen molar-refractivity contribution in [1.29, 1.82) is 0 Å². The van der Waals surface area contributed by atoms with Crippen LogP contribution in [0.25, 0.3) is 0 Å². The molecule has 1 aromatic rings. The van der Waals surface area contributed by atoms with Crippen LogP contribution in [0.5, 0.6) is 5.75 Å². The Labute approximate surface area is 115 Å². The van der Waals surface area contributed by atoms with Gasteiger partial charge in [-0.1, -0.05) is 0 Å². The molecule has 0 bridgehead atoms. The smallest absolute Gasteiger partial charge is 0.255 e. The standard InChI is InChI=1S/C12H17IN2O2/c1-15(2)7-6-14-12(16)10-8-9(13)4-5-11(10)17-3/h4-5,8H,6-7H2,1-3H3,(H,14,16). The first-order valence-electron chi connectivity index (χ1n) is 5.31. The number of ether oxygens (including phenoxy) is 1. The van der Waals surface area contributed by atoms with Gasteiger partial charge in [-0.05, 0) is 54.9 Å². The minimum absolute atomic E-state index is 0.0952. The summed E-state index contributed by atoms with van der Waals surface area (Å²) < 4.78 is 6.19. The third kappa shape index (κ3) is 4.51. The van der Waals surface area contributed by atoms with Crippen molar-refractivity contribution in [3.8, 4) is 5.75 Å². The molecule has 17 heavy (non-hydrogen) atoms. The quantitative estimate of drug-likeness (QED) is 0.822. The van der Waals surface area contributed by atoms with Crippen LogP contribution in [-0.2, 0) is 0 Å². The minimum Gasteiger partial charge on any atom is -0.496 e. The molecule has 0 fully saturated rings. The Morgan fingerprint density at radius 1 is 1.47 bits per heavy atom. The maximum atomic E-state index is 11.9. The maximum absolute atomic E-state index is 11.9. The third-order valence-electron chi connectivity index (χ3n) is 2.25. The van der Waals surface area contributed by atoms with E-state index in [1.54, 1.807) is 7.11 Å². The normalized spacial score (nSPS) is 10.4. The van der Waals surface area contributed by atoms with E-state index < -0.39 is 0 Å². The fourth-order valence-electron chi connectivity index (χ4n) is 1.35. The number of hydrogen-bond donors (Lipinski definition) is 1. The SMILES string of the molecule is COc1ccc(I)cc1C(=O)NCCN(C)C. The molecule has 1 N–H and O–H groups in total. The lowest BCUT2D eigenvalue weighted by Gasteiger charge is -2.12. The van der Waals surface area contributed by atoms with Crippen LogP contribution >= 0.6 is 22.6 Å². The van der Waals surface area contributed by atoms with Crippen LogP contribution in [-0.4, -0.2) is 45.1 Å². The highest BCUT2D eigenvalue weighted by molar-refractivity contribution is 14.1. The van der Waals surface area contributed by atoms with Crippen molar-refractivity contribution in [3.63, 3.8) is 0 Å². The van der Waals surface area contributed by atoms with Crippen LogP contribution < -0.4 is 10.1 Å². The molecular formula is C12H17IN2O2. The van der Waals surface area contributed by atoms with E-state index in [9.17, 15) is 4.79 Å². The number of hydrogen-bond acceptors (Lipinski definition) is 3. The average Bonchev–Trinajstić information content (AvgIpc) is 2.28. The Kier molecular flexibility index (Phi) is 5.70.